The number of anilines is 1. The molecule has 7 bridgehead atoms. The van der Waals surface area contributed by atoms with Crippen molar-refractivity contribution in [3.63, 3.8) is 0 Å². The summed E-state index contributed by atoms with van der Waals surface area (Å²) in [5.41, 5.74) is 9.51. The van der Waals surface area contributed by atoms with Gasteiger partial charge in [-0.1, -0.05) is 26.8 Å². The maximum Gasteiger partial charge on any atom is 0.328 e. The summed E-state index contributed by atoms with van der Waals surface area (Å²) >= 11 is 1.53. The fraction of sp³-hybridized carbons (Fsp3) is 0.672. The average Bonchev–Trinajstić information content (AvgIpc) is 3.77. The number of hydrogen-bond donors (Lipinski definition) is 2. The molecule has 0 radical (unpaired) electrons. The maximum atomic E-state index is 15.2. The summed E-state index contributed by atoms with van der Waals surface area (Å²) in [6.07, 6.45) is 9.07. The zero-order valence-corrected chi connectivity index (χ0v) is 46.6. The number of cyclic esters (lactones) is 1. The number of benzene rings is 1. The van der Waals surface area contributed by atoms with Crippen molar-refractivity contribution in [2.75, 3.05) is 84.3 Å². The van der Waals surface area contributed by atoms with Crippen LogP contribution in [0.4, 0.5) is 5.69 Å². The van der Waals surface area contributed by atoms with Crippen LogP contribution in [-0.2, 0) is 51.0 Å². The predicted molar refractivity (Wildman–Crippen MR) is 291 cm³/mol. The summed E-state index contributed by atoms with van der Waals surface area (Å²) in [4.78, 5) is 62.2. The van der Waals surface area contributed by atoms with Crippen LogP contribution in [0.3, 0.4) is 0 Å². The van der Waals surface area contributed by atoms with E-state index in [2.05, 4.69) is 94.3 Å². The molecule has 3 aromatic heterocycles. The Morgan fingerprint density at radius 2 is 1.79 bits per heavy atom. The van der Waals surface area contributed by atoms with Gasteiger partial charge in [0, 0.05) is 104 Å². The summed E-state index contributed by atoms with van der Waals surface area (Å²) in [5, 5.41) is 8.73. The van der Waals surface area contributed by atoms with Gasteiger partial charge >= 0.3 is 5.97 Å². The van der Waals surface area contributed by atoms with Gasteiger partial charge in [0.05, 0.1) is 72.6 Å². The Balaban J connectivity index is 1.01. The van der Waals surface area contributed by atoms with E-state index in [1.54, 1.807) is 12.1 Å². The van der Waals surface area contributed by atoms with E-state index in [1.165, 1.54) is 24.2 Å². The number of hydrogen-bond acceptors (Lipinski definition) is 15. The first kappa shape index (κ1) is 52.2. The van der Waals surface area contributed by atoms with Crippen LogP contribution in [0.5, 0.6) is 0 Å². The highest BCUT2D eigenvalue weighted by atomic mass is 32.1. The number of hydrazine groups is 1. The zero-order valence-electron chi connectivity index (χ0n) is 45.7. The lowest BCUT2D eigenvalue weighted by atomic mass is 9.66. The Bertz CT molecular complexity index is 2830. The molecule has 4 aromatic rings. The van der Waals surface area contributed by atoms with Crippen molar-refractivity contribution in [3.05, 3.63) is 52.1 Å². The second-order valence-electron chi connectivity index (χ2n) is 24.9. The van der Waals surface area contributed by atoms with Crippen molar-refractivity contribution < 1.29 is 38.1 Å². The molecule has 76 heavy (non-hydrogen) atoms. The number of carbonyl (C=O) groups excluding carboxylic acids is 3. The van der Waals surface area contributed by atoms with Crippen LogP contribution in [0.25, 0.3) is 33.4 Å². The number of esters is 1. The Labute approximate surface area is 451 Å². The van der Waals surface area contributed by atoms with Crippen LogP contribution in [0.15, 0.2) is 35.8 Å². The number of amides is 2. The van der Waals surface area contributed by atoms with Crippen LogP contribution in [0.2, 0.25) is 0 Å². The molecule has 8 fully saturated rings. The average molecular weight is 1060 g/mol. The van der Waals surface area contributed by atoms with Gasteiger partial charge in [0.2, 0.25) is 5.91 Å². The molecule has 1 aromatic carbocycles. The number of aromatic nitrogens is 3. The number of pyridine rings is 1. The third kappa shape index (κ3) is 10.1. The van der Waals surface area contributed by atoms with Crippen LogP contribution >= 0.6 is 11.3 Å². The second kappa shape index (κ2) is 20.6. The van der Waals surface area contributed by atoms with Crippen molar-refractivity contribution in [2.45, 2.75) is 153 Å². The first-order valence-electron chi connectivity index (χ1n) is 28.4. The molecule has 2 aliphatic carbocycles. The highest BCUT2D eigenvalue weighted by molar-refractivity contribution is 7.10. The van der Waals surface area contributed by atoms with Crippen molar-refractivity contribution in [3.8, 4) is 22.5 Å². The molecule has 0 unspecified atom stereocenters. The van der Waals surface area contributed by atoms with Gasteiger partial charge in [-0.05, 0) is 115 Å². The SMILES string of the molecule is CO[C@@H](C)c1ncc(N2CCN(C3CC3)CC2)cc1-c1c2c3cc(ccc3n1CCO[C@H]1CCOC(C)(C)C1)-c1csc(n1)[C@@H](N1CCCC1)[C@H](NC(=O)[C@@H]1OC[C@@H]1C)C(=O)N1CC3CC(C3)(N1)C(=O)OCC(C)(C)C2. The van der Waals surface area contributed by atoms with Gasteiger partial charge in [-0.15, -0.1) is 11.3 Å². The first-order chi connectivity index (χ1) is 36.6. The smallest absolute Gasteiger partial charge is 0.328 e. The van der Waals surface area contributed by atoms with E-state index < -0.39 is 29.1 Å². The Hall–Kier alpha value is -4.53. The summed E-state index contributed by atoms with van der Waals surface area (Å²) < 4.78 is 33.8. The van der Waals surface area contributed by atoms with Crippen LogP contribution in [0.1, 0.15) is 121 Å². The van der Waals surface area contributed by atoms with Crippen molar-refractivity contribution in [2.24, 2.45) is 17.3 Å². The summed E-state index contributed by atoms with van der Waals surface area (Å²) in [5.74, 6) is -0.820. The number of thiazole rings is 1. The molecule has 13 rings (SSSR count). The molecule has 6 saturated heterocycles. The molecular formula is C58H79N9O8S. The second-order valence-corrected chi connectivity index (χ2v) is 25.8. The summed E-state index contributed by atoms with van der Waals surface area (Å²) in [6, 6.07) is 8.20. The number of rotatable bonds is 12. The van der Waals surface area contributed by atoms with E-state index in [9.17, 15) is 9.59 Å². The number of likely N-dealkylation sites (tertiary alicyclic amines) is 1. The van der Waals surface area contributed by atoms with Crippen LogP contribution in [0, 0.1) is 17.3 Å². The minimum absolute atomic E-state index is 0.0270. The first-order valence-corrected chi connectivity index (χ1v) is 29.2. The minimum Gasteiger partial charge on any atom is -0.464 e. The molecule has 18 heteroatoms. The van der Waals surface area contributed by atoms with Gasteiger partial charge in [-0.25, -0.2) is 15.2 Å². The summed E-state index contributed by atoms with van der Waals surface area (Å²) in [7, 11) is 1.75. The van der Waals surface area contributed by atoms with Gasteiger partial charge in [-0.2, -0.15) is 0 Å². The quantitative estimate of drug-likeness (QED) is 0.139. The standard InChI is InChI=1S/C58H79N9O8S/c1-35-32-73-51(35)52(68)61-48-50(65-15-8-9-16-65)53-60-45(33-76-53)38-10-13-46-42(24-38)44(29-56(3,4)34-74-55(70)58-26-37(27-58)31-67(62-58)54(48)69)49(66(46)21-23-72-41-14-22-75-57(5,6)28-41)43-25-40(30-59-47(43)36(2)71-7)64-19-17-63(18-20-64)39-11-12-39/h10,13,24-25,30,33,35-37,39,41,48,50-51,62H,8-9,11-12,14-23,26-29,31-32,34H2,1-7H3,(H,61,68)/t35-,36-,37?,41-,48-,50-,51+,58?/m0/s1. The van der Waals surface area contributed by atoms with Crippen LogP contribution < -0.4 is 15.6 Å². The zero-order chi connectivity index (χ0) is 52.7. The predicted octanol–water partition coefficient (Wildman–Crippen LogP) is 7.07. The molecule has 6 atom stereocenters. The van der Waals surface area contributed by atoms with Crippen molar-refractivity contribution in [1.29, 1.82) is 0 Å². The number of nitrogens with one attached hydrogen (secondary N) is 2. The molecule has 10 heterocycles. The highest BCUT2D eigenvalue weighted by Crippen LogP contribution is 2.47. The normalized spacial score (nSPS) is 30.4. The maximum absolute atomic E-state index is 15.2. The van der Waals surface area contributed by atoms with E-state index in [0.717, 1.165) is 126 Å². The van der Waals surface area contributed by atoms with E-state index in [0.29, 0.717) is 52.2 Å². The van der Waals surface area contributed by atoms with Gasteiger partial charge in [0.15, 0.2) is 0 Å². The van der Waals surface area contributed by atoms with E-state index >= 15 is 4.79 Å². The molecule has 2 N–H and O–H groups in total. The Kier molecular flexibility index (Phi) is 14.1. The van der Waals surface area contributed by atoms with Gasteiger partial charge in [0.25, 0.3) is 5.91 Å². The Morgan fingerprint density at radius 3 is 2.50 bits per heavy atom. The molecular weight excluding hydrogens is 983 g/mol. The molecule has 9 aliphatic rings. The molecule has 1 spiro atoms. The number of fused-ring (bicyclic) bond motifs is 4. The lowest BCUT2D eigenvalue weighted by Crippen LogP contribution is -2.75. The third-order valence-electron chi connectivity index (χ3n) is 17.9. The van der Waals surface area contributed by atoms with Crippen molar-refractivity contribution in [1.82, 2.24) is 40.1 Å². The highest BCUT2D eigenvalue weighted by Gasteiger charge is 2.58. The third-order valence-corrected chi connectivity index (χ3v) is 18.8. The van der Waals surface area contributed by atoms with Gasteiger partial charge in [-0.3, -0.25) is 29.4 Å². The molecule has 410 valence electrons. The van der Waals surface area contributed by atoms with Gasteiger partial charge in [0.1, 0.15) is 22.7 Å². The van der Waals surface area contributed by atoms with Gasteiger partial charge < -0.3 is 38.5 Å². The minimum atomic E-state index is -1.06. The van der Waals surface area contributed by atoms with E-state index in [1.807, 2.05) is 13.1 Å². The molecule has 2 amide bonds. The lowest BCUT2D eigenvalue weighted by Gasteiger charge is -2.55. The number of carbonyl (C=O) groups is 3. The van der Waals surface area contributed by atoms with E-state index in [4.69, 9.17) is 33.7 Å². The summed E-state index contributed by atoms with van der Waals surface area (Å²) in [6.45, 7) is 21.0. The topological polar surface area (TPSA) is 165 Å². The number of methoxy groups -OCH3 is 1. The molecule has 7 aliphatic heterocycles. The fourth-order valence-corrected chi connectivity index (χ4v) is 14.5. The van der Waals surface area contributed by atoms with Crippen molar-refractivity contribution >= 4 is 45.7 Å². The number of ether oxygens (including phenoxy) is 5. The lowest BCUT2D eigenvalue weighted by molar-refractivity contribution is -0.181. The van der Waals surface area contributed by atoms with E-state index in [-0.39, 0.29) is 54.0 Å². The fourth-order valence-electron chi connectivity index (χ4n) is 13.5. The van der Waals surface area contributed by atoms with Crippen LogP contribution in [-0.4, -0.2) is 162 Å². The molecule has 17 nitrogen and oxygen atoms in total. The monoisotopic (exact) mass is 1060 g/mol. The number of piperazine rings is 1. The molecule has 2 saturated carbocycles. The number of nitrogens with zero attached hydrogens (tertiary/aromatic N) is 7. The Morgan fingerprint density at radius 1 is 1.00 bits per heavy atom. The largest absolute Gasteiger partial charge is 0.464 e.